The molecule has 0 saturated carbocycles. The summed E-state index contributed by atoms with van der Waals surface area (Å²) in [6, 6.07) is 10.8. The molecule has 1 N–H and O–H groups in total. The Labute approximate surface area is 143 Å². The number of benzene rings is 2. The van der Waals surface area contributed by atoms with Crippen molar-refractivity contribution in [2.24, 2.45) is 0 Å². The van der Waals surface area contributed by atoms with Crippen molar-refractivity contribution in [1.29, 1.82) is 0 Å². The van der Waals surface area contributed by atoms with Gasteiger partial charge < -0.3 is 14.8 Å². The number of nitrogens with one attached hydrogen (secondary N) is 1. The first-order chi connectivity index (χ1) is 12.1. The molecule has 128 valence electrons. The number of carbonyl (C=O) groups excluding carboxylic acids is 1. The van der Waals surface area contributed by atoms with E-state index in [1.54, 1.807) is 29.3 Å². The molecule has 0 bridgehead atoms. The molecular formula is C19H17F2N3O. The Kier molecular flexibility index (Phi) is 3.87. The topological polar surface area (TPSA) is 39.3 Å². The number of nitrogens with zero attached hydrogens (tertiary/aromatic N) is 2. The zero-order chi connectivity index (χ0) is 17.4. The molecule has 25 heavy (non-hydrogen) atoms. The number of halogens is 2. The van der Waals surface area contributed by atoms with Crippen LogP contribution < -0.4 is 4.90 Å². The fourth-order valence-electron chi connectivity index (χ4n) is 3.27. The van der Waals surface area contributed by atoms with Gasteiger partial charge in [-0.1, -0.05) is 0 Å². The number of aromatic nitrogens is 1. The van der Waals surface area contributed by atoms with Gasteiger partial charge in [-0.3, -0.25) is 4.79 Å². The highest BCUT2D eigenvalue weighted by atomic mass is 19.1. The highest BCUT2D eigenvalue weighted by Crippen LogP contribution is 2.22. The summed E-state index contributed by atoms with van der Waals surface area (Å²) >= 11 is 0. The number of carbonyl (C=O) groups is 1. The van der Waals surface area contributed by atoms with Crippen molar-refractivity contribution in [1.82, 2.24) is 9.88 Å². The van der Waals surface area contributed by atoms with Crippen molar-refractivity contribution in [3.8, 4) is 0 Å². The van der Waals surface area contributed by atoms with Gasteiger partial charge in [-0.25, -0.2) is 8.78 Å². The highest BCUT2D eigenvalue weighted by molar-refractivity contribution is 6.06. The number of aromatic amines is 1. The molecule has 1 aliphatic rings. The average Bonchev–Trinajstić information content (AvgIpc) is 3.05. The first kappa shape index (κ1) is 15.6. The predicted molar refractivity (Wildman–Crippen MR) is 92.8 cm³/mol. The second-order valence-electron chi connectivity index (χ2n) is 6.15. The van der Waals surface area contributed by atoms with Crippen molar-refractivity contribution < 1.29 is 13.6 Å². The summed E-state index contributed by atoms with van der Waals surface area (Å²) < 4.78 is 26.3. The maximum atomic E-state index is 13.3. The number of fused-ring (bicyclic) bond motifs is 1. The number of piperazine rings is 1. The van der Waals surface area contributed by atoms with Gasteiger partial charge in [0.05, 0.1) is 5.56 Å². The Morgan fingerprint density at radius 2 is 1.60 bits per heavy atom. The molecule has 4 rings (SSSR count). The van der Waals surface area contributed by atoms with Crippen molar-refractivity contribution in [2.45, 2.75) is 0 Å². The summed E-state index contributed by atoms with van der Waals surface area (Å²) in [4.78, 5) is 19.7. The Bertz CT molecular complexity index is 912. The fraction of sp³-hybridized carbons (Fsp3) is 0.211. The third-order valence-corrected chi connectivity index (χ3v) is 4.63. The van der Waals surface area contributed by atoms with Crippen LogP contribution >= 0.6 is 0 Å². The minimum Gasteiger partial charge on any atom is -0.368 e. The van der Waals surface area contributed by atoms with Gasteiger partial charge in [-0.15, -0.1) is 0 Å². The lowest BCUT2D eigenvalue weighted by molar-refractivity contribution is 0.0749. The SMILES string of the molecule is O=C(c1c[nH]c2cc(F)ccc12)N1CCN(c2ccc(F)cc2)CC1. The van der Waals surface area contributed by atoms with E-state index in [1.807, 2.05) is 0 Å². The molecule has 4 nitrogen and oxygen atoms in total. The number of anilines is 1. The second kappa shape index (κ2) is 6.20. The number of hydrogen-bond donors (Lipinski definition) is 1. The van der Waals surface area contributed by atoms with Gasteiger partial charge in [0.1, 0.15) is 11.6 Å². The molecule has 1 saturated heterocycles. The predicted octanol–water partition coefficient (Wildman–Crippen LogP) is 3.41. The molecule has 1 aromatic heterocycles. The monoisotopic (exact) mass is 341 g/mol. The van der Waals surface area contributed by atoms with E-state index in [2.05, 4.69) is 9.88 Å². The van der Waals surface area contributed by atoms with Crippen molar-refractivity contribution in [3.05, 3.63) is 65.9 Å². The summed E-state index contributed by atoms with van der Waals surface area (Å²) in [7, 11) is 0. The zero-order valence-electron chi connectivity index (χ0n) is 13.5. The minimum absolute atomic E-state index is 0.0587. The first-order valence-electron chi connectivity index (χ1n) is 8.18. The van der Waals surface area contributed by atoms with Crippen LogP contribution in [0.1, 0.15) is 10.4 Å². The lowest BCUT2D eigenvalue weighted by Crippen LogP contribution is -2.48. The molecule has 0 unspecified atom stereocenters. The van der Waals surface area contributed by atoms with Crippen LogP contribution in [0.25, 0.3) is 10.9 Å². The van der Waals surface area contributed by atoms with Crippen LogP contribution in [0.3, 0.4) is 0 Å². The Morgan fingerprint density at radius 1 is 0.920 bits per heavy atom. The van der Waals surface area contributed by atoms with E-state index in [0.29, 0.717) is 37.3 Å². The van der Waals surface area contributed by atoms with Crippen LogP contribution in [0.4, 0.5) is 14.5 Å². The molecule has 1 amide bonds. The molecule has 3 aromatic rings. The molecule has 2 aromatic carbocycles. The third-order valence-electron chi connectivity index (χ3n) is 4.63. The number of rotatable bonds is 2. The molecule has 2 heterocycles. The molecule has 0 spiro atoms. The van der Waals surface area contributed by atoms with E-state index < -0.39 is 0 Å². The average molecular weight is 341 g/mol. The number of H-pyrrole nitrogens is 1. The Hall–Kier alpha value is -2.89. The Balaban J connectivity index is 1.48. The number of amides is 1. The second-order valence-corrected chi connectivity index (χ2v) is 6.15. The van der Waals surface area contributed by atoms with Gasteiger partial charge in [0, 0.05) is 49.0 Å². The largest absolute Gasteiger partial charge is 0.368 e. The van der Waals surface area contributed by atoms with Crippen LogP contribution in [0.2, 0.25) is 0 Å². The molecule has 1 aliphatic heterocycles. The summed E-state index contributed by atoms with van der Waals surface area (Å²) in [6.07, 6.45) is 1.64. The normalized spacial score (nSPS) is 15.0. The lowest BCUT2D eigenvalue weighted by atomic mass is 10.1. The summed E-state index contributed by atoms with van der Waals surface area (Å²) in [5.41, 5.74) is 2.13. The van der Waals surface area contributed by atoms with Gasteiger partial charge in [-0.2, -0.15) is 0 Å². The van der Waals surface area contributed by atoms with Crippen LogP contribution in [-0.4, -0.2) is 42.0 Å². The first-order valence-corrected chi connectivity index (χ1v) is 8.18. The lowest BCUT2D eigenvalue weighted by Gasteiger charge is -2.36. The van der Waals surface area contributed by atoms with Crippen LogP contribution in [0.15, 0.2) is 48.7 Å². The summed E-state index contributed by atoms with van der Waals surface area (Å²) in [5.74, 6) is -0.647. The molecule has 6 heteroatoms. The maximum absolute atomic E-state index is 13.3. The van der Waals surface area contributed by atoms with Crippen molar-refractivity contribution >= 4 is 22.5 Å². The van der Waals surface area contributed by atoms with Crippen LogP contribution in [0, 0.1) is 11.6 Å². The van der Waals surface area contributed by atoms with Gasteiger partial charge in [0.25, 0.3) is 5.91 Å². The minimum atomic E-state index is -0.332. The highest BCUT2D eigenvalue weighted by Gasteiger charge is 2.24. The Morgan fingerprint density at radius 3 is 2.32 bits per heavy atom. The molecule has 0 aliphatic carbocycles. The maximum Gasteiger partial charge on any atom is 0.256 e. The summed E-state index contributed by atoms with van der Waals surface area (Å²) in [6.45, 7) is 2.55. The summed E-state index contributed by atoms with van der Waals surface area (Å²) in [5, 5.41) is 0.729. The van der Waals surface area contributed by atoms with Crippen LogP contribution in [-0.2, 0) is 0 Å². The molecule has 1 fully saturated rings. The molecule has 0 radical (unpaired) electrons. The van der Waals surface area contributed by atoms with Gasteiger partial charge >= 0.3 is 0 Å². The third kappa shape index (κ3) is 2.95. The smallest absolute Gasteiger partial charge is 0.256 e. The van der Waals surface area contributed by atoms with Gasteiger partial charge in [0.2, 0.25) is 0 Å². The molecule has 0 atom stereocenters. The van der Waals surface area contributed by atoms with Crippen molar-refractivity contribution in [2.75, 3.05) is 31.1 Å². The zero-order valence-corrected chi connectivity index (χ0v) is 13.5. The van der Waals surface area contributed by atoms with E-state index in [0.717, 1.165) is 11.1 Å². The van der Waals surface area contributed by atoms with E-state index in [4.69, 9.17) is 0 Å². The van der Waals surface area contributed by atoms with Gasteiger partial charge in [0.15, 0.2) is 0 Å². The van der Waals surface area contributed by atoms with Crippen LogP contribution in [0.5, 0.6) is 0 Å². The molecular weight excluding hydrogens is 324 g/mol. The quantitative estimate of drug-likeness (QED) is 0.776. The van der Waals surface area contributed by atoms with E-state index in [9.17, 15) is 13.6 Å². The van der Waals surface area contributed by atoms with Crippen molar-refractivity contribution in [3.63, 3.8) is 0 Å². The van der Waals surface area contributed by atoms with E-state index >= 15 is 0 Å². The number of hydrogen-bond acceptors (Lipinski definition) is 2. The van der Waals surface area contributed by atoms with Gasteiger partial charge in [-0.05, 0) is 42.5 Å². The standard InChI is InChI=1S/C19H17F2N3O/c20-13-1-4-15(5-2-13)23-7-9-24(10-8-23)19(25)17-12-22-18-11-14(21)3-6-16(17)18/h1-6,11-12,22H,7-10H2. The van der Waals surface area contributed by atoms with E-state index in [1.165, 1.54) is 24.3 Å². The fourth-order valence-corrected chi connectivity index (χ4v) is 3.27. The van der Waals surface area contributed by atoms with E-state index in [-0.39, 0.29) is 17.5 Å².